The molecule has 12 aromatic rings. The molecular weight excluding hydrogens is 787 g/mol. The first kappa shape index (κ1) is 38.0. The third-order valence-electron chi connectivity index (χ3n) is 12.7. The highest BCUT2D eigenvalue weighted by Crippen LogP contribution is 2.48. The highest BCUT2D eigenvalue weighted by Gasteiger charge is 2.23. The predicted octanol–water partition coefficient (Wildman–Crippen LogP) is 17.4. The molecule has 0 fully saturated rings. The molecule has 0 radical (unpaired) electrons. The van der Waals surface area contributed by atoms with E-state index < -0.39 is 0 Å². The molecule has 0 bridgehead atoms. The van der Waals surface area contributed by atoms with E-state index in [1.54, 1.807) is 0 Å². The molecule has 0 N–H and O–H groups in total. The summed E-state index contributed by atoms with van der Waals surface area (Å²) in [7, 11) is 0. The van der Waals surface area contributed by atoms with Crippen molar-refractivity contribution >= 4 is 77.5 Å². The molecule has 0 unspecified atom stereocenters. The second-order valence-electron chi connectivity index (χ2n) is 16.5. The van der Waals surface area contributed by atoms with Crippen molar-refractivity contribution in [3.05, 3.63) is 261 Å². The second kappa shape index (κ2) is 16.2. The van der Waals surface area contributed by atoms with Crippen LogP contribution < -0.4 is 9.80 Å². The lowest BCUT2D eigenvalue weighted by atomic mass is 9.97. The van der Waals surface area contributed by atoms with Crippen molar-refractivity contribution in [3.63, 3.8) is 0 Å². The summed E-state index contributed by atoms with van der Waals surface area (Å²) in [6.07, 6.45) is 0. The number of aromatic nitrogens is 1. The van der Waals surface area contributed by atoms with Gasteiger partial charge in [-0.05, 0) is 123 Å². The van der Waals surface area contributed by atoms with Crippen LogP contribution in [0.3, 0.4) is 0 Å². The first-order valence-corrected chi connectivity index (χ1v) is 22.3. The molecule has 3 nitrogen and oxygen atoms in total. The van der Waals surface area contributed by atoms with Crippen LogP contribution in [0.4, 0.5) is 34.1 Å². The third-order valence-corrected chi connectivity index (χ3v) is 12.7. The summed E-state index contributed by atoms with van der Waals surface area (Å²) in [6.45, 7) is 0. The minimum atomic E-state index is 1.10. The van der Waals surface area contributed by atoms with Crippen molar-refractivity contribution in [2.75, 3.05) is 9.80 Å². The van der Waals surface area contributed by atoms with E-state index in [9.17, 15) is 0 Å². The summed E-state index contributed by atoms with van der Waals surface area (Å²) in [5.74, 6) is 0. The molecule has 0 aliphatic rings. The highest BCUT2D eigenvalue weighted by atomic mass is 15.2. The van der Waals surface area contributed by atoms with Gasteiger partial charge < -0.3 is 14.4 Å². The van der Waals surface area contributed by atoms with E-state index >= 15 is 0 Å². The summed E-state index contributed by atoms with van der Waals surface area (Å²) in [5.41, 5.74) is 14.9. The lowest BCUT2D eigenvalue weighted by Crippen LogP contribution is -2.10. The number of nitrogens with zero attached hydrogens (tertiary/aromatic N) is 3. The second-order valence-corrected chi connectivity index (χ2v) is 16.5. The van der Waals surface area contributed by atoms with Crippen LogP contribution in [-0.4, -0.2) is 4.57 Å². The van der Waals surface area contributed by atoms with Gasteiger partial charge in [0, 0.05) is 50.3 Å². The normalized spacial score (nSPS) is 11.4. The average molecular weight is 830 g/mol. The molecule has 0 amide bonds. The Labute approximate surface area is 378 Å². The number of hydrogen-bond acceptors (Lipinski definition) is 2. The van der Waals surface area contributed by atoms with Crippen molar-refractivity contribution in [1.82, 2.24) is 4.57 Å². The van der Waals surface area contributed by atoms with Gasteiger partial charge in [0.1, 0.15) is 0 Å². The van der Waals surface area contributed by atoms with Crippen molar-refractivity contribution in [2.45, 2.75) is 0 Å². The Morgan fingerprint density at radius 3 is 1.28 bits per heavy atom. The van der Waals surface area contributed by atoms with Gasteiger partial charge in [0.05, 0.1) is 16.7 Å². The molecule has 0 aliphatic carbocycles. The van der Waals surface area contributed by atoms with Crippen molar-refractivity contribution < 1.29 is 0 Å². The van der Waals surface area contributed by atoms with Gasteiger partial charge in [-0.3, -0.25) is 0 Å². The van der Waals surface area contributed by atoms with E-state index in [1.165, 1.54) is 60.1 Å². The van der Waals surface area contributed by atoms with E-state index in [0.717, 1.165) is 45.3 Å². The van der Waals surface area contributed by atoms with Crippen LogP contribution in [0.1, 0.15) is 0 Å². The van der Waals surface area contributed by atoms with Crippen LogP contribution in [0, 0.1) is 0 Å². The number of para-hydroxylation sites is 3. The summed E-state index contributed by atoms with van der Waals surface area (Å²) in [4.78, 5) is 4.77. The first-order chi connectivity index (χ1) is 32.3. The minimum absolute atomic E-state index is 1.10. The Hall–Kier alpha value is -8.66. The van der Waals surface area contributed by atoms with Crippen LogP contribution in [0.2, 0.25) is 0 Å². The fourth-order valence-electron chi connectivity index (χ4n) is 9.74. The fraction of sp³-hybridized carbons (Fsp3) is 0. The Bertz CT molecular complexity index is 3600. The Morgan fingerprint density at radius 2 is 0.692 bits per heavy atom. The molecule has 0 saturated carbocycles. The standard InChI is InChI=1S/C62H43N3/c1-6-18-44(19-7-1)46-30-35-52(36-31-46)63(49-22-10-3-11-23-49)54-39-40-55-48(42-54)34-41-58-61(55)62-57-29-17-16-28-56(57)59(43-60(62)65(58)51-26-14-5-15-27-51)64(50-24-12-4-13-25-50)53-37-32-47(33-38-53)45-20-8-2-9-21-45/h1-43H. The van der Waals surface area contributed by atoms with E-state index in [0.29, 0.717) is 0 Å². The van der Waals surface area contributed by atoms with E-state index in [1.807, 2.05) is 0 Å². The quantitative estimate of drug-likeness (QED) is 0.144. The zero-order chi connectivity index (χ0) is 43.1. The van der Waals surface area contributed by atoms with Gasteiger partial charge in [0.2, 0.25) is 0 Å². The molecule has 1 aromatic heterocycles. The largest absolute Gasteiger partial charge is 0.310 e. The molecule has 1 heterocycles. The summed E-state index contributed by atoms with van der Waals surface area (Å²) in [5, 5.41) is 7.28. The summed E-state index contributed by atoms with van der Waals surface area (Å²) < 4.78 is 2.46. The number of fused-ring (bicyclic) bond motifs is 7. The average Bonchev–Trinajstić information content (AvgIpc) is 3.73. The van der Waals surface area contributed by atoms with Gasteiger partial charge in [0.25, 0.3) is 0 Å². The maximum absolute atomic E-state index is 2.46. The number of benzene rings is 11. The van der Waals surface area contributed by atoms with Crippen molar-refractivity contribution in [1.29, 1.82) is 0 Å². The summed E-state index contributed by atoms with van der Waals surface area (Å²) >= 11 is 0. The monoisotopic (exact) mass is 829 g/mol. The van der Waals surface area contributed by atoms with Gasteiger partial charge >= 0.3 is 0 Å². The number of rotatable bonds is 9. The topological polar surface area (TPSA) is 11.4 Å². The highest BCUT2D eigenvalue weighted by molar-refractivity contribution is 6.30. The Morgan fingerprint density at radius 1 is 0.262 bits per heavy atom. The SMILES string of the molecule is c1ccc(-c2ccc(N(c3ccccc3)c3ccc4c(ccc5c4c4c6ccccc6c(N(c6ccccc6)c6ccc(-c7ccccc7)cc6)cc4n5-c4ccccc4)c3)cc2)cc1. The van der Waals surface area contributed by atoms with E-state index in [4.69, 9.17) is 0 Å². The zero-order valence-electron chi connectivity index (χ0n) is 35.7. The lowest BCUT2D eigenvalue weighted by molar-refractivity contribution is 1.18. The summed E-state index contributed by atoms with van der Waals surface area (Å²) in [6, 6.07) is 94.3. The van der Waals surface area contributed by atoms with Crippen LogP contribution in [0.15, 0.2) is 261 Å². The molecule has 11 aromatic carbocycles. The van der Waals surface area contributed by atoms with E-state index in [2.05, 4.69) is 275 Å². The van der Waals surface area contributed by atoms with Crippen molar-refractivity contribution in [3.8, 4) is 27.9 Å². The van der Waals surface area contributed by atoms with Crippen molar-refractivity contribution in [2.24, 2.45) is 0 Å². The molecule has 0 saturated heterocycles. The fourth-order valence-corrected chi connectivity index (χ4v) is 9.74. The number of hydrogen-bond donors (Lipinski definition) is 0. The predicted molar refractivity (Wildman–Crippen MR) is 276 cm³/mol. The molecule has 0 spiro atoms. The van der Waals surface area contributed by atoms with Gasteiger partial charge in [-0.15, -0.1) is 0 Å². The molecule has 306 valence electrons. The van der Waals surface area contributed by atoms with Gasteiger partial charge in [-0.1, -0.05) is 176 Å². The van der Waals surface area contributed by atoms with Crippen LogP contribution >= 0.6 is 0 Å². The lowest BCUT2D eigenvalue weighted by Gasteiger charge is -2.27. The molecule has 65 heavy (non-hydrogen) atoms. The zero-order valence-corrected chi connectivity index (χ0v) is 35.7. The van der Waals surface area contributed by atoms with Gasteiger partial charge in [-0.2, -0.15) is 0 Å². The Balaban J connectivity index is 1.08. The molecule has 12 rings (SSSR count). The Kier molecular flexibility index (Phi) is 9.50. The minimum Gasteiger partial charge on any atom is -0.310 e. The van der Waals surface area contributed by atoms with E-state index in [-0.39, 0.29) is 0 Å². The molecule has 0 atom stereocenters. The molecule has 0 aliphatic heterocycles. The molecular formula is C62H43N3. The van der Waals surface area contributed by atoms with Crippen LogP contribution in [0.25, 0.3) is 71.3 Å². The third kappa shape index (κ3) is 6.78. The van der Waals surface area contributed by atoms with Crippen LogP contribution in [0.5, 0.6) is 0 Å². The maximum atomic E-state index is 2.46. The number of anilines is 6. The van der Waals surface area contributed by atoms with Gasteiger partial charge in [0.15, 0.2) is 0 Å². The van der Waals surface area contributed by atoms with Gasteiger partial charge in [-0.25, -0.2) is 0 Å². The first-order valence-electron chi connectivity index (χ1n) is 22.3. The smallest absolute Gasteiger partial charge is 0.0568 e. The molecule has 3 heteroatoms. The van der Waals surface area contributed by atoms with Crippen LogP contribution in [-0.2, 0) is 0 Å². The maximum Gasteiger partial charge on any atom is 0.0568 e.